The molecule has 1 aromatic heterocycles. The average molecular weight is 293 g/mol. The van der Waals surface area contributed by atoms with Gasteiger partial charge in [0, 0.05) is 20.5 Å². The molecule has 1 rings (SSSR count). The molecule has 0 saturated carbocycles. The summed E-state index contributed by atoms with van der Waals surface area (Å²) in [5.74, 6) is -0.327. The zero-order valence-corrected chi connectivity index (χ0v) is 11.7. The van der Waals surface area contributed by atoms with Gasteiger partial charge in [0.25, 0.3) is 10.0 Å². The Labute approximate surface area is 109 Å². The molecule has 0 aromatic carbocycles. The van der Waals surface area contributed by atoms with Gasteiger partial charge in [-0.1, -0.05) is 11.3 Å². The van der Waals surface area contributed by atoms with Crippen molar-refractivity contribution in [3.05, 3.63) is 0 Å². The molecular formula is C8H15N5O3S2. The van der Waals surface area contributed by atoms with Gasteiger partial charge in [-0.3, -0.25) is 4.79 Å². The van der Waals surface area contributed by atoms with E-state index in [1.165, 1.54) is 14.0 Å². The molecule has 0 saturated heterocycles. The van der Waals surface area contributed by atoms with Gasteiger partial charge in [-0.2, -0.15) is 4.31 Å². The highest BCUT2D eigenvalue weighted by Gasteiger charge is 2.25. The third-order valence-corrected chi connectivity index (χ3v) is 5.04. The van der Waals surface area contributed by atoms with E-state index in [0.717, 1.165) is 15.6 Å². The standard InChI is InChI=1S/C8H15N5O3S2/c1-6(14)10-7-11-12-8(17-7)18(15,16)13(2)5-3-4-9/h3-5,9H2,1-2H3,(H,10,11,14). The van der Waals surface area contributed by atoms with Crippen molar-refractivity contribution in [2.24, 2.45) is 5.73 Å². The predicted molar refractivity (Wildman–Crippen MR) is 67.7 cm³/mol. The van der Waals surface area contributed by atoms with Crippen LogP contribution in [-0.2, 0) is 14.8 Å². The number of anilines is 1. The van der Waals surface area contributed by atoms with Crippen LogP contribution in [0.4, 0.5) is 5.13 Å². The van der Waals surface area contributed by atoms with Gasteiger partial charge in [0.05, 0.1) is 0 Å². The summed E-state index contributed by atoms with van der Waals surface area (Å²) in [5.41, 5.74) is 5.32. The summed E-state index contributed by atoms with van der Waals surface area (Å²) in [6.45, 7) is 2.03. The molecule has 0 aliphatic rings. The molecule has 1 aromatic rings. The first-order chi connectivity index (χ1) is 8.37. The van der Waals surface area contributed by atoms with Crippen molar-refractivity contribution < 1.29 is 13.2 Å². The number of nitrogens with one attached hydrogen (secondary N) is 1. The Kier molecular flexibility index (Phi) is 5.14. The Morgan fingerprint density at radius 2 is 2.17 bits per heavy atom. The third kappa shape index (κ3) is 3.70. The molecule has 0 aliphatic carbocycles. The second-order valence-corrected chi connectivity index (χ2v) is 6.72. The Morgan fingerprint density at radius 1 is 1.50 bits per heavy atom. The SMILES string of the molecule is CC(=O)Nc1nnc(S(=O)(=O)N(C)CCCN)s1. The van der Waals surface area contributed by atoms with E-state index in [9.17, 15) is 13.2 Å². The van der Waals surface area contributed by atoms with Crippen molar-refractivity contribution in [1.82, 2.24) is 14.5 Å². The number of hydrogen-bond donors (Lipinski definition) is 2. The van der Waals surface area contributed by atoms with E-state index in [1.54, 1.807) is 0 Å². The van der Waals surface area contributed by atoms with Gasteiger partial charge in [-0.05, 0) is 13.0 Å². The van der Waals surface area contributed by atoms with Gasteiger partial charge in [0.15, 0.2) is 0 Å². The number of hydrogen-bond acceptors (Lipinski definition) is 7. The van der Waals surface area contributed by atoms with Crippen LogP contribution in [0.1, 0.15) is 13.3 Å². The Morgan fingerprint density at radius 3 is 2.72 bits per heavy atom. The maximum atomic E-state index is 12.0. The number of nitrogens with zero attached hydrogens (tertiary/aromatic N) is 3. The molecule has 0 fully saturated rings. The fraction of sp³-hybridized carbons (Fsp3) is 0.625. The lowest BCUT2D eigenvalue weighted by Crippen LogP contribution is -2.29. The van der Waals surface area contributed by atoms with Crippen molar-refractivity contribution >= 4 is 32.4 Å². The topological polar surface area (TPSA) is 118 Å². The maximum absolute atomic E-state index is 12.0. The van der Waals surface area contributed by atoms with E-state index in [1.807, 2.05) is 0 Å². The summed E-state index contributed by atoms with van der Waals surface area (Å²) in [6, 6.07) is 0. The molecule has 0 spiro atoms. The number of aromatic nitrogens is 2. The third-order valence-electron chi connectivity index (χ3n) is 2.00. The minimum atomic E-state index is -3.65. The number of carbonyl (C=O) groups excluding carboxylic acids is 1. The quantitative estimate of drug-likeness (QED) is 0.680. The predicted octanol–water partition coefficient (Wildman–Crippen LogP) is -0.534. The molecule has 1 amide bonds. The van der Waals surface area contributed by atoms with Crippen molar-refractivity contribution in [1.29, 1.82) is 0 Å². The molecule has 0 atom stereocenters. The molecular weight excluding hydrogens is 278 g/mol. The van der Waals surface area contributed by atoms with E-state index >= 15 is 0 Å². The minimum Gasteiger partial charge on any atom is -0.330 e. The highest BCUT2D eigenvalue weighted by molar-refractivity contribution is 7.91. The van der Waals surface area contributed by atoms with Crippen LogP contribution in [0.15, 0.2) is 4.34 Å². The summed E-state index contributed by atoms with van der Waals surface area (Å²) in [7, 11) is -2.21. The van der Waals surface area contributed by atoms with Crippen LogP contribution in [-0.4, -0.2) is 49.0 Å². The fourth-order valence-electron chi connectivity index (χ4n) is 1.08. The number of amides is 1. The van der Waals surface area contributed by atoms with E-state index in [0.29, 0.717) is 19.5 Å². The zero-order chi connectivity index (χ0) is 13.8. The zero-order valence-electron chi connectivity index (χ0n) is 10.1. The summed E-state index contributed by atoms with van der Waals surface area (Å²) >= 11 is 0.815. The lowest BCUT2D eigenvalue weighted by Gasteiger charge is -2.13. The summed E-state index contributed by atoms with van der Waals surface area (Å²) in [5, 5.41) is 9.70. The molecule has 0 bridgehead atoms. The van der Waals surface area contributed by atoms with Crippen LogP contribution < -0.4 is 11.1 Å². The second kappa shape index (κ2) is 6.18. The molecule has 3 N–H and O–H groups in total. The van der Waals surface area contributed by atoms with Crippen LogP contribution in [0.3, 0.4) is 0 Å². The van der Waals surface area contributed by atoms with Crippen molar-refractivity contribution in [2.75, 3.05) is 25.5 Å². The summed E-state index contributed by atoms with van der Waals surface area (Å²) in [6.07, 6.45) is 0.563. The van der Waals surface area contributed by atoms with E-state index in [-0.39, 0.29) is 15.4 Å². The van der Waals surface area contributed by atoms with Crippen molar-refractivity contribution in [2.45, 2.75) is 17.7 Å². The van der Waals surface area contributed by atoms with Gasteiger partial charge in [-0.25, -0.2) is 8.42 Å². The molecule has 1 heterocycles. The second-order valence-electron chi connectivity index (χ2n) is 3.52. The van der Waals surface area contributed by atoms with Crippen LogP contribution in [0.2, 0.25) is 0 Å². The lowest BCUT2D eigenvalue weighted by atomic mass is 10.4. The van der Waals surface area contributed by atoms with E-state index < -0.39 is 10.0 Å². The van der Waals surface area contributed by atoms with Crippen molar-refractivity contribution in [3.63, 3.8) is 0 Å². The maximum Gasteiger partial charge on any atom is 0.272 e. The first-order valence-corrected chi connectivity index (χ1v) is 7.41. The van der Waals surface area contributed by atoms with E-state index in [2.05, 4.69) is 15.5 Å². The summed E-state index contributed by atoms with van der Waals surface area (Å²) in [4.78, 5) is 10.8. The molecule has 0 aliphatic heterocycles. The Hall–Kier alpha value is -1.10. The molecule has 102 valence electrons. The molecule has 0 radical (unpaired) electrons. The van der Waals surface area contributed by atoms with Crippen LogP contribution in [0.5, 0.6) is 0 Å². The average Bonchev–Trinajstić information content (AvgIpc) is 2.73. The first-order valence-electron chi connectivity index (χ1n) is 5.15. The van der Waals surface area contributed by atoms with Crippen LogP contribution in [0.25, 0.3) is 0 Å². The monoisotopic (exact) mass is 293 g/mol. The normalized spacial score (nSPS) is 11.8. The van der Waals surface area contributed by atoms with Gasteiger partial charge in [0.2, 0.25) is 15.4 Å². The Bertz CT molecular complexity index is 513. The molecule has 0 unspecified atom stereocenters. The van der Waals surface area contributed by atoms with Crippen molar-refractivity contribution in [3.8, 4) is 0 Å². The number of sulfonamides is 1. The largest absolute Gasteiger partial charge is 0.330 e. The minimum absolute atomic E-state index is 0.147. The first kappa shape index (κ1) is 15.0. The smallest absolute Gasteiger partial charge is 0.272 e. The van der Waals surface area contributed by atoms with E-state index in [4.69, 9.17) is 5.73 Å². The highest BCUT2D eigenvalue weighted by Crippen LogP contribution is 2.22. The molecule has 18 heavy (non-hydrogen) atoms. The molecule has 10 heteroatoms. The van der Waals surface area contributed by atoms with Gasteiger partial charge in [-0.15, -0.1) is 10.2 Å². The van der Waals surface area contributed by atoms with Crippen LogP contribution in [0, 0.1) is 0 Å². The van der Waals surface area contributed by atoms with Gasteiger partial charge in [0.1, 0.15) is 0 Å². The molecule has 8 nitrogen and oxygen atoms in total. The lowest BCUT2D eigenvalue weighted by molar-refractivity contribution is -0.114. The fourth-order valence-corrected chi connectivity index (χ4v) is 3.43. The van der Waals surface area contributed by atoms with Crippen LogP contribution >= 0.6 is 11.3 Å². The van der Waals surface area contributed by atoms with Gasteiger partial charge >= 0.3 is 0 Å². The Balaban J connectivity index is 2.84. The summed E-state index contributed by atoms with van der Waals surface area (Å²) < 4.78 is 25.1. The number of nitrogens with two attached hydrogens (primary N) is 1. The number of rotatable bonds is 6. The van der Waals surface area contributed by atoms with Gasteiger partial charge < -0.3 is 11.1 Å². The highest BCUT2D eigenvalue weighted by atomic mass is 32.2. The number of carbonyl (C=O) groups is 1.